The fraction of sp³-hybridized carbons (Fsp3) is 0.250. The van der Waals surface area contributed by atoms with E-state index in [1.165, 1.54) is 4.90 Å². The van der Waals surface area contributed by atoms with Crippen molar-refractivity contribution < 1.29 is 9.90 Å². The summed E-state index contributed by atoms with van der Waals surface area (Å²) in [6.45, 7) is 0. The third kappa shape index (κ3) is 1.83. The highest BCUT2D eigenvalue weighted by atomic mass is 32.2. The van der Waals surface area contributed by atoms with Gasteiger partial charge in [-0.3, -0.25) is 4.98 Å². The minimum atomic E-state index is -0.856. The van der Waals surface area contributed by atoms with Crippen LogP contribution in [-0.2, 0) is 5.75 Å². The molecule has 1 saturated carbocycles. The maximum atomic E-state index is 11.4. The van der Waals surface area contributed by atoms with Crippen LogP contribution < -0.4 is 0 Å². The molecule has 2 aromatic rings. The van der Waals surface area contributed by atoms with Gasteiger partial charge in [0.2, 0.25) is 0 Å². The number of rotatable bonds is 2. The number of aromatic nitrogens is 1. The number of carboxylic acid groups (broad SMARTS) is 1. The Kier molecular flexibility index (Phi) is 2.60. The van der Waals surface area contributed by atoms with E-state index in [9.17, 15) is 9.90 Å². The smallest absolute Gasteiger partial charge is 0.337 e. The number of aromatic carboxylic acids is 1. The first kappa shape index (κ1) is 12.0. The summed E-state index contributed by atoms with van der Waals surface area (Å²) in [7, 11) is 0. The molecule has 1 aromatic carbocycles. The van der Waals surface area contributed by atoms with Gasteiger partial charge in [0.05, 0.1) is 17.0 Å². The van der Waals surface area contributed by atoms with Crippen molar-refractivity contribution in [3.63, 3.8) is 0 Å². The van der Waals surface area contributed by atoms with E-state index in [-0.39, 0.29) is 0 Å². The lowest BCUT2D eigenvalue weighted by Crippen LogP contribution is -2.09. The van der Waals surface area contributed by atoms with Crippen molar-refractivity contribution in [2.24, 2.45) is 0 Å². The molecular weight excluding hydrogens is 270 g/mol. The lowest BCUT2D eigenvalue weighted by Gasteiger charge is -2.20. The van der Waals surface area contributed by atoms with Crippen LogP contribution in [0.15, 0.2) is 35.2 Å². The summed E-state index contributed by atoms with van der Waals surface area (Å²) in [5.41, 5.74) is 4.32. The lowest BCUT2D eigenvalue weighted by atomic mass is 10.0. The highest BCUT2D eigenvalue weighted by Crippen LogP contribution is 2.45. The number of fused-ring (bicyclic) bond motifs is 3. The van der Waals surface area contributed by atoms with E-state index in [1.54, 1.807) is 11.8 Å². The normalized spacial score (nSPS) is 16.4. The van der Waals surface area contributed by atoms with Crippen LogP contribution in [0.3, 0.4) is 0 Å². The molecule has 100 valence electrons. The van der Waals surface area contributed by atoms with E-state index < -0.39 is 5.97 Å². The van der Waals surface area contributed by atoms with Gasteiger partial charge in [0, 0.05) is 22.1 Å². The van der Waals surface area contributed by atoms with Gasteiger partial charge in [0.1, 0.15) is 0 Å². The van der Waals surface area contributed by atoms with E-state index in [1.807, 2.05) is 18.2 Å². The molecule has 0 bridgehead atoms. The quantitative estimate of drug-likeness (QED) is 0.907. The molecular formula is C16H13NO2S. The van der Waals surface area contributed by atoms with Crippen LogP contribution in [0.1, 0.15) is 40.4 Å². The second-order valence-electron chi connectivity index (χ2n) is 5.29. The molecule has 1 aliphatic heterocycles. The van der Waals surface area contributed by atoms with Gasteiger partial charge in [-0.1, -0.05) is 18.2 Å². The molecule has 0 unspecified atom stereocenters. The zero-order chi connectivity index (χ0) is 13.7. The predicted molar refractivity (Wildman–Crippen MR) is 78.2 cm³/mol. The van der Waals surface area contributed by atoms with Crippen LogP contribution in [0.5, 0.6) is 0 Å². The summed E-state index contributed by atoms with van der Waals surface area (Å²) < 4.78 is 0. The largest absolute Gasteiger partial charge is 0.478 e. The summed E-state index contributed by atoms with van der Waals surface area (Å²) in [6.07, 6.45) is 2.12. The van der Waals surface area contributed by atoms with E-state index in [4.69, 9.17) is 4.98 Å². The van der Waals surface area contributed by atoms with Crippen molar-refractivity contribution in [2.45, 2.75) is 29.4 Å². The monoisotopic (exact) mass is 283 g/mol. The minimum absolute atomic E-state index is 0.341. The van der Waals surface area contributed by atoms with Crippen LogP contribution in [0.25, 0.3) is 11.3 Å². The standard InChI is InChI=1S/C16H13NO2S/c18-16(19)12-7-10-8-20-13-4-2-1-3-11(13)15(10)17-14(12)9-5-6-9/h1-4,7,9H,5-6,8H2,(H,18,19). The molecule has 3 nitrogen and oxygen atoms in total. The average Bonchev–Trinajstić information content (AvgIpc) is 3.30. The molecule has 1 N–H and O–H groups in total. The first-order valence-corrected chi connectivity index (χ1v) is 7.72. The summed E-state index contributed by atoms with van der Waals surface area (Å²) in [6, 6.07) is 10.1. The predicted octanol–water partition coefficient (Wildman–Crippen LogP) is 3.93. The van der Waals surface area contributed by atoms with Gasteiger partial charge < -0.3 is 5.11 Å². The lowest BCUT2D eigenvalue weighted by molar-refractivity contribution is 0.0695. The molecule has 1 fully saturated rings. The number of carbonyl (C=O) groups is 1. The van der Waals surface area contributed by atoms with Gasteiger partial charge in [-0.15, -0.1) is 11.8 Å². The van der Waals surface area contributed by atoms with Crippen LogP contribution in [-0.4, -0.2) is 16.1 Å². The highest BCUT2D eigenvalue weighted by molar-refractivity contribution is 7.98. The third-order valence-electron chi connectivity index (χ3n) is 3.85. The first-order chi connectivity index (χ1) is 9.74. The number of hydrogen-bond acceptors (Lipinski definition) is 3. The Morgan fingerprint density at radius 3 is 2.85 bits per heavy atom. The van der Waals surface area contributed by atoms with Crippen molar-refractivity contribution in [1.82, 2.24) is 4.98 Å². The fourth-order valence-corrected chi connectivity index (χ4v) is 3.72. The summed E-state index contributed by atoms with van der Waals surface area (Å²) in [5, 5.41) is 9.39. The first-order valence-electron chi connectivity index (χ1n) is 6.73. The van der Waals surface area contributed by atoms with Gasteiger partial charge in [0.25, 0.3) is 0 Å². The number of carboxylic acids is 1. The molecule has 0 spiro atoms. The number of benzene rings is 1. The molecule has 4 heteroatoms. The molecule has 2 heterocycles. The zero-order valence-electron chi connectivity index (χ0n) is 10.8. The van der Waals surface area contributed by atoms with E-state index in [0.29, 0.717) is 11.5 Å². The molecule has 0 radical (unpaired) electrons. The van der Waals surface area contributed by atoms with Crippen molar-refractivity contribution in [3.8, 4) is 11.3 Å². The highest BCUT2D eigenvalue weighted by Gasteiger charge is 2.32. The van der Waals surface area contributed by atoms with E-state index >= 15 is 0 Å². The van der Waals surface area contributed by atoms with Crippen molar-refractivity contribution in [1.29, 1.82) is 0 Å². The molecule has 4 rings (SSSR count). The Morgan fingerprint density at radius 2 is 2.10 bits per heavy atom. The molecule has 0 atom stereocenters. The fourth-order valence-electron chi connectivity index (χ4n) is 2.70. The van der Waals surface area contributed by atoms with Crippen LogP contribution in [0, 0.1) is 0 Å². The van der Waals surface area contributed by atoms with Crippen LogP contribution in [0.2, 0.25) is 0 Å². The maximum absolute atomic E-state index is 11.4. The van der Waals surface area contributed by atoms with Gasteiger partial charge in [-0.25, -0.2) is 4.79 Å². The number of pyridine rings is 1. The molecule has 1 aromatic heterocycles. The number of nitrogens with zero attached hydrogens (tertiary/aromatic N) is 1. The Hall–Kier alpha value is -1.81. The maximum Gasteiger partial charge on any atom is 0.337 e. The van der Waals surface area contributed by atoms with E-state index in [0.717, 1.165) is 41.1 Å². The summed E-state index contributed by atoms with van der Waals surface area (Å²) in [5.74, 6) is 0.282. The second-order valence-corrected chi connectivity index (χ2v) is 6.31. The number of thioether (sulfide) groups is 1. The summed E-state index contributed by atoms with van der Waals surface area (Å²) >= 11 is 1.75. The topological polar surface area (TPSA) is 50.2 Å². The SMILES string of the molecule is O=C(O)c1cc2c(nc1C1CC1)-c1ccccc1SC2. The molecule has 2 aliphatic rings. The van der Waals surface area contributed by atoms with Crippen LogP contribution >= 0.6 is 11.8 Å². The van der Waals surface area contributed by atoms with Crippen LogP contribution in [0.4, 0.5) is 0 Å². The Labute approximate surface area is 121 Å². The van der Waals surface area contributed by atoms with Crippen molar-refractivity contribution >= 4 is 17.7 Å². The minimum Gasteiger partial charge on any atom is -0.478 e. The summed E-state index contributed by atoms with van der Waals surface area (Å²) in [4.78, 5) is 17.4. The zero-order valence-corrected chi connectivity index (χ0v) is 11.6. The Balaban J connectivity index is 1.95. The number of hydrogen-bond donors (Lipinski definition) is 1. The average molecular weight is 283 g/mol. The van der Waals surface area contributed by atoms with E-state index in [2.05, 4.69) is 12.1 Å². The van der Waals surface area contributed by atoms with Gasteiger partial charge in [-0.2, -0.15) is 0 Å². The Morgan fingerprint density at radius 1 is 1.30 bits per heavy atom. The van der Waals surface area contributed by atoms with Crippen molar-refractivity contribution in [2.75, 3.05) is 0 Å². The Bertz CT molecular complexity index is 722. The van der Waals surface area contributed by atoms with Gasteiger partial charge in [-0.05, 0) is 30.5 Å². The third-order valence-corrected chi connectivity index (χ3v) is 4.97. The van der Waals surface area contributed by atoms with Gasteiger partial charge in [0.15, 0.2) is 0 Å². The van der Waals surface area contributed by atoms with Gasteiger partial charge >= 0.3 is 5.97 Å². The molecule has 20 heavy (non-hydrogen) atoms. The van der Waals surface area contributed by atoms with Crippen molar-refractivity contribution in [3.05, 3.63) is 47.2 Å². The molecule has 0 saturated heterocycles. The molecule has 1 aliphatic carbocycles. The second kappa shape index (κ2) is 4.35. The molecule has 0 amide bonds.